The Hall–Kier alpha value is -1.98. The van der Waals surface area contributed by atoms with Crippen LogP contribution in [0.25, 0.3) is 11.8 Å². The van der Waals surface area contributed by atoms with E-state index < -0.39 is 0 Å². The number of aromatic nitrogens is 1. The topological polar surface area (TPSA) is 28.7 Å². The van der Waals surface area contributed by atoms with Crippen molar-refractivity contribution < 1.29 is 0 Å². The van der Waals surface area contributed by atoms with Gasteiger partial charge in [0.15, 0.2) is 0 Å². The molecule has 2 nitrogen and oxygen atoms in total. The van der Waals surface area contributed by atoms with Crippen LogP contribution in [0.15, 0.2) is 43.1 Å². The molecule has 0 aliphatic heterocycles. The standard InChI is InChI=1S/C14H11ClN2/c1-2-11-7-14(9-16)17(10-11)13-5-3-12(8-15)4-6-13/h2-7,10H,1,8H2. The van der Waals surface area contributed by atoms with E-state index in [-0.39, 0.29) is 0 Å². The minimum atomic E-state index is 0.495. The summed E-state index contributed by atoms with van der Waals surface area (Å²) < 4.78 is 1.84. The molecule has 0 saturated heterocycles. The summed E-state index contributed by atoms with van der Waals surface area (Å²) in [6.45, 7) is 3.70. The van der Waals surface area contributed by atoms with Crippen LogP contribution in [0, 0.1) is 11.3 Å². The zero-order chi connectivity index (χ0) is 12.3. The number of nitriles is 1. The van der Waals surface area contributed by atoms with Gasteiger partial charge < -0.3 is 4.57 Å². The van der Waals surface area contributed by atoms with E-state index in [1.165, 1.54) is 0 Å². The zero-order valence-electron chi connectivity index (χ0n) is 9.23. The Morgan fingerprint density at radius 2 is 2.06 bits per heavy atom. The van der Waals surface area contributed by atoms with Crippen molar-refractivity contribution in [3.63, 3.8) is 0 Å². The zero-order valence-corrected chi connectivity index (χ0v) is 9.98. The predicted octanol–water partition coefficient (Wildman–Crippen LogP) is 3.73. The third-order valence-corrected chi connectivity index (χ3v) is 2.87. The molecule has 1 aromatic carbocycles. The number of hydrogen-bond donors (Lipinski definition) is 0. The van der Waals surface area contributed by atoms with Gasteiger partial charge in [0, 0.05) is 17.8 Å². The summed E-state index contributed by atoms with van der Waals surface area (Å²) in [4.78, 5) is 0. The normalized spacial score (nSPS) is 9.88. The van der Waals surface area contributed by atoms with Crippen molar-refractivity contribution in [1.82, 2.24) is 4.57 Å². The number of hydrogen-bond acceptors (Lipinski definition) is 1. The first kappa shape index (κ1) is 11.5. The van der Waals surface area contributed by atoms with Gasteiger partial charge in [-0.15, -0.1) is 11.6 Å². The minimum absolute atomic E-state index is 0.495. The van der Waals surface area contributed by atoms with E-state index in [9.17, 15) is 0 Å². The van der Waals surface area contributed by atoms with E-state index in [0.29, 0.717) is 11.6 Å². The summed E-state index contributed by atoms with van der Waals surface area (Å²) in [6.07, 6.45) is 3.62. The molecule has 0 fully saturated rings. The Morgan fingerprint density at radius 1 is 1.35 bits per heavy atom. The lowest BCUT2D eigenvalue weighted by atomic mass is 10.2. The molecule has 1 aromatic heterocycles. The van der Waals surface area contributed by atoms with E-state index in [2.05, 4.69) is 12.6 Å². The second kappa shape index (κ2) is 4.90. The third-order valence-electron chi connectivity index (χ3n) is 2.56. The van der Waals surface area contributed by atoms with E-state index in [0.717, 1.165) is 16.8 Å². The average Bonchev–Trinajstić information content (AvgIpc) is 2.82. The van der Waals surface area contributed by atoms with Crippen LogP contribution >= 0.6 is 11.6 Å². The van der Waals surface area contributed by atoms with Crippen LogP contribution in [0.2, 0.25) is 0 Å². The fraction of sp³-hybridized carbons (Fsp3) is 0.0714. The number of rotatable bonds is 3. The van der Waals surface area contributed by atoms with Crippen LogP contribution in [0.1, 0.15) is 16.8 Å². The highest BCUT2D eigenvalue weighted by Crippen LogP contribution is 2.17. The summed E-state index contributed by atoms with van der Waals surface area (Å²) in [6, 6.07) is 11.8. The minimum Gasteiger partial charge on any atom is -0.308 e. The molecule has 1 heterocycles. The van der Waals surface area contributed by atoms with Crippen LogP contribution in [-0.2, 0) is 5.88 Å². The molecule has 0 spiro atoms. The molecule has 84 valence electrons. The molecule has 0 unspecified atom stereocenters. The van der Waals surface area contributed by atoms with Crippen molar-refractivity contribution in [2.24, 2.45) is 0 Å². The molecule has 17 heavy (non-hydrogen) atoms. The van der Waals surface area contributed by atoms with E-state index in [4.69, 9.17) is 16.9 Å². The van der Waals surface area contributed by atoms with Crippen molar-refractivity contribution in [3.8, 4) is 11.8 Å². The Kier molecular flexibility index (Phi) is 3.32. The first-order valence-corrected chi connectivity index (χ1v) is 5.72. The number of nitrogens with zero attached hydrogens (tertiary/aromatic N) is 2. The fourth-order valence-corrected chi connectivity index (χ4v) is 1.82. The molecule has 0 atom stereocenters. The van der Waals surface area contributed by atoms with Crippen molar-refractivity contribution >= 4 is 17.7 Å². The fourth-order valence-electron chi connectivity index (χ4n) is 1.64. The smallest absolute Gasteiger partial charge is 0.125 e. The molecule has 0 amide bonds. The summed E-state index contributed by atoms with van der Waals surface area (Å²) in [7, 11) is 0. The Bertz CT molecular complexity index is 573. The first-order chi connectivity index (χ1) is 8.28. The second-order valence-electron chi connectivity index (χ2n) is 3.64. The highest BCUT2D eigenvalue weighted by molar-refractivity contribution is 6.17. The van der Waals surface area contributed by atoms with Crippen LogP contribution in [0.5, 0.6) is 0 Å². The molecule has 0 bridgehead atoms. The van der Waals surface area contributed by atoms with Crippen molar-refractivity contribution in [2.45, 2.75) is 5.88 Å². The van der Waals surface area contributed by atoms with Crippen molar-refractivity contribution in [2.75, 3.05) is 0 Å². The van der Waals surface area contributed by atoms with Gasteiger partial charge in [0.05, 0.1) is 0 Å². The molecule has 2 aromatic rings. The number of halogens is 1. The Balaban J connectivity index is 2.48. The maximum Gasteiger partial charge on any atom is 0.125 e. The van der Waals surface area contributed by atoms with Gasteiger partial charge in [0.2, 0.25) is 0 Å². The largest absolute Gasteiger partial charge is 0.308 e. The van der Waals surface area contributed by atoms with Crippen LogP contribution in [0.4, 0.5) is 0 Å². The van der Waals surface area contributed by atoms with Crippen LogP contribution in [-0.4, -0.2) is 4.57 Å². The Morgan fingerprint density at radius 3 is 2.59 bits per heavy atom. The summed E-state index contributed by atoms with van der Waals surface area (Å²) >= 11 is 5.74. The van der Waals surface area contributed by atoms with Crippen molar-refractivity contribution in [1.29, 1.82) is 5.26 Å². The molecule has 0 saturated carbocycles. The number of benzene rings is 1. The molecule has 2 rings (SSSR count). The summed E-state index contributed by atoms with van der Waals surface area (Å²) in [5.41, 5.74) is 3.54. The Labute approximate surface area is 105 Å². The van der Waals surface area contributed by atoms with Crippen LogP contribution < -0.4 is 0 Å². The quantitative estimate of drug-likeness (QED) is 0.754. The van der Waals surface area contributed by atoms with E-state index in [1.54, 1.807) is 6.08 Å². The first-order valence-electron chi connectivity index (χ1n) is 5.18. The molecule has 0 aliphatic rings. The van der Waals surface area contributed by atoms with Crippen LogP contribution in [0.3, 0.4) is 0 Å². The van der Waals surface area contributed by atoms with Gasteiger partial charge in [-0.3, -0.25) is 0 Å². The molecular weight excluding hydrogens is 232 g/mol. The van der Waals surface area contributed by atoms with Gasteiger partial charge in [-0.25, -0.2) is 0 Å². The monoisotopic (exact) mass is 242 g/mol. The molecule has 0 radical (unpaired) electrons. The lowest BCUT2D eigenvalue weighted by molar-refractivity contribution is 1.05. The predicted molar refractivity (Wildman–Crippen MR) is 70.1 cm³/mol. The molecule has 3 heteroatoms. The SMILES string of the molecule is C=Cc1cc(C#N)n(-c2ccc(CCl)cc2)c1. The van der Waals surface area contributed by atoms with Gasteiger partial charge in [-0.1, -0.05) is 24.8 Å². The molecule has 0 N–H and O–H groups in total. The van der Waals surface area contributed by atoms with Gasteiger partial charge in [0.1, 0.15) is 11.8 Å². The maximum atomic E-state index is 9.06. The number of alkyl halides is 1. The molecule has 0 aliphatic carbocycles. The van der Waals surface area contributed by atoms with Crippen molar-refractivity contribution in [3.05, 3.63) is 59.9 Å². The lowest BCUT2D eigenvalue weighted by Crippen LogP contribution is -1.95. The van der Waals surface area contributed by atoms with Gasteiger partial charge in [-0.05, 0) is 29.3 Å². The van der Waals surface area contributed by atoms with Gasteiger partial charge >= 0.3 is 0 Å². The average molecular weight is 243 g/mol. The molecular formula is C14H11ClN2. The highest BCUT2D eigenvalue weighted by atomic mass is 35.5. The summed E-state index contributed by atoms with van der Waals surface area (Å²) in [5, 5.41) is 9.06. The van der Waals surface area contributed by atoms with Gasteiger partial charge in [-0.2, -0.15) is 5.26 Å². The van der Waals surface area contributed by atoms with Gasteiger partial charge in [0.25, 0.3) is 0 Å². The van der Waals surface area contributed by atoms with E-state index in [1.807, 2.05) is 41.1 Å². The maximum absolute atomic E-state index is 9.06. The second-order valence-corrected chi connectivity index (χ2v) is 3.91. The highest BCUT2D eigenvalue weighted by Gasteiger charge is 2.05. The lowest BCUT2D eigenvalue weighted by Gasteiger charge is -2.05. The summed E-state index contributed by atoms with van der Waals surface area (Å²) in [5.74, 6) is 0.495. The van der Waals surface area contributed by atoms with E-state index >= 15 is 0 Å². The third kappa shape index (κ3) is 2.25.